The summed E-state index contributed by atoms with van der Waals surface area (Å²) >= 11 is 0. The molecule has 0 aliphatic carbocycles. The first-order valence-electron chi connectivity index (χ1n) is 16.8. The Morgan fingerprint density at radius 1 is 0.957 bits per heavy atom. The predicted molar refractivity (Wildman–Crippen MR) is 184 cm³/mol. The SMILES string of the molecule is C#Cc1ccc(NC(=O)[C@@H]2CCCN2C(=O)/C(C)=C/C(C(C)C)N(C)C(=O)[C@@H](NC(=O)[C@H]2CCCCN2C(C)C)C(C)(C)C)cc1. The van der Waals surface area contributed by atoms with Crippen LogP contribution in [-0.2, 0) is 19.2 Å². The second kappa shape index (κ2) is 15.8. The number of nitrogens with zero attached hydrogens (tertiary/aromatic N) is 3. The summed E-state index contributed by atoms with van der Waals surface area (Å²) in [5.41, 5.74) is 1.28. The van der Waals surface area contributed by atoms with E-state index in [4.69, 9.17) is 6.42 Å². The van der Waals surface area contributed by atoms with Crippen LogP contribution in [0.25, 0.3) is 0 Å². The molecule has 2 aliphatic heterocycles. The third kappa shape index (κ3) is 9.00. The molecule has 2 saturated heterocycles. The van der Waals surface area contributed by atoms with Crippen LogP contribution in [0.15, 0.2) is 35.9 Å². The summed E-state index contributed by atoms with van der Waals surface area (Å²) in [4.78, 5) is 60.2. The van der Waals surface area contributed by atoms with Gasteiger partial charge in [0, 0.05) is 36.5 Å². The average Bonchev–Trinajstić information content (AvgIpc) is 3.51. The van der Waals surface area contributed by atoms with E-state index < -0.39 is 23.5 Å². The standard InChI is InChI=1S/C37H55N5O4/c1-11-27-17-19-28(20-18-27)38-33(43)30-16-14-22-42(30)35(45)26(6)23-31(24(2)3)40(10)36(46)32(37(7,8)9)39-34(44)29-15-12-13-21-41(29)25(4)5/h1,17-20,23-25,29-32H,12-16,21-22H2,2-10H3,(H,38,43)(H,39,44)/b26-23+/t29-,30+,31?,32-/m1/s1. The second-order valence-electron chi connectivity index (χ2n) is 14.6. The fraction of sp³-hybridized carbons (Fsp3) is 0.622. The molecule has 2 N–H and O–H groups in total. The number of terminal acetylenes is 1. The maximum Gasteiger partial charge on any atom is 0.249 e. The number of likely N-dealkylation sites (tertiary alicyclic amines) is 2. The van der Waals surface area contributed by atoms with Crippen LogP contribution in [0.3, 0.4) is 0 Å². The van der Waals surface area contributed by atoms with Gasteiger partial charge in [-0.05, 0) is 88.6 Å². The van der Waals surface area contributed by atoms with Crippen molar-refractivity contribution < 1.29 is 19.2 Å². The molecule has 2 aliphatic rings. The van der Waals surface area contributed by atoms with Gasteiger partial charge in [-0.25, -0.2) is 0 Å². The molecule has 0 bridgehead atoms. The normalized spacial score (nSPS) is 20.7. The molecule has 9 heteroatoms. The number of carbonyl (C=O) groups excluding carboxylic acids is 4. The largest absolute Gasteiger partial charge is 0.342 e. The Hall–Kier alpha value is -3.64. The van der Waals surface area contributed by atoms with Crippen molar-refractivity contribution in [1.82, 2.24) is 20.0 Å². The molecule has 0 radical (unpaired) electrons. The molecule has 4 atom stereocenters. The Labute approximate surface area is 276 Å². The van der Waals surface area contributed by atoms with Crippen LogP contribution in [-0.4, -0.2) is 88.7 Å². The first-order chi connectivity index (χ1) is 21.6. The number of rotatable bonds is 10. The fourth-order valence-electron chi connectivity index (χ4n) is 6.55. The number of piperidine rings is 1. The number of nitrogens with one attached hydrogen (secondary N) is 2. The van der Waals surface area contributed by atoms with Crippen molar-refractivity contribution in [2.45, 2.75) is 118 Å². The van der Waals surface area contributed by atoms with Crippen LogP contribution >= 0.6 is 0 Å². The third-order valence-electron chi connectivity index (χ3n) is 9.28. The van der Waals surface area contributed by atoms with Gasteiger partial charge in [-0.1, -0.05) is 53.0 Å². The molecule has 2 heterocycles. The van der Waals surface area contributed by atoms with E-state index in [1.807, 2.05) is 40.7 Å². The molecule has 4 amide bonds. The zero-order valence-corrected chi connectivity index (χ0v) is 29.4. The fourth-order valence-corrected chi connectivity index (χ4v) is 6.55. The smallest absolute Gasteiger partial charge is 0.249 e. The van der Waals surface area contributed by atoms with Gasteiger partial charge in [-0.2, -0.15) is 0 Å². The van der Waals surface area contributed by atoms with Crippen LogP contribution in [0.2, 0.25) is 0 Å². The predicted octanol–water partition coefficient (Wildman–Crippen LogP) is 4.82. The van der Waals surface area contributed by atoms with Crippen molar-refractivity contribution in [3.8, 4) is 12.3 Å². The minimum Gasteiger partial charge on any atom is -0.342 e. The van der Waals surface area contributed by atoms with Gasteiger partial charge in [-0.15, -0.1) is 6.42 Å². The third-order valence-corrected chi connectivity index (χ3v) is 9.28. The number of carbonyl (C=O) groups is 4. The average molecular weight is 634 g/mol. The van der Waals surface area contributed by atoms with Gasteiger partial charge in [0.15, 0.2) is 0 Å². The molecular weight excluding hydrogens is 578 g/mol. The molecule has 46 heavy (non-hydrogen) atoms. The molecule has 1 aromatic rings. The Bertz CT molecular complexity index is 1320. The molecule has 9 nitrogen and oxygen atoms in total. The van der Waals surface area contributed by atoms with Gasteiger partial charge in [0.25, 0.3) is 0 Å². The van der Waals surface area contributed by atoms with E-state index in [9.17, 15) is 19.2 Å². The maximum absolute atomic E-state index is 14.1. The monoisotopic (exact) mass is 633 g/mol. The summed E-state index contributed by atoms with van der Waals surface area (Å²) in [5.74, 6) is 1.78. The van der Waals surface area contributed by atoms with E-state index in [-0.39, 0.29) is 41.6 Å². The summed E-state index contributed by atoms with van der Waals surface area (Å²) < 4.78 is 0. The van der Waals surface area contributed by atoms with Gasteiger partial charge in [0.2, 0.25) is 23.6 Å². The summed E-state index contributed by atoms with van der Waals surface area (Å²) in [5, 5.41) is 6.04. The number of benzene rings is 1. The Balaban J connectivity index is 1.77. The van der Waals surface area contributed by atoms with E-state index in [1.165, 1.54) is 0 Å². The van der Waals surface area contributed by atoms with Crippen molar-refractivity contribution in [3.05, 3.63) is 41.5 Å². The van der Waals surface area contributed by atoms with Crippen molar-refractivity contribution in [1.29, 1.82) is 0 Å². The number of amides is 4. The highest BCUT2D eigenvalue weighted by molar-refractivity contribution is 6.01. The lowest BCUT2D eigenvalue weighted by Crippen LogP contribution is -2.60. The Morgan fingerprint density at radius 3 is 2.15 bits per heavy atom. The molecule has 2 fully saturated rings. The molecule has 3 rings (SSSR count). The summed E-state index contributed by atoms with van der Waals surface area (Å²) in [6.45, 7) is 17.2. The van der Waals surface area contributed by atoms with E-state index >= 15 is 0 Å². The molecule has 0 aromatic heterocycles. The van der Waals surface area contributed by atoms with Gasteiger partial charge in [0.05, 0.1) is 12.1 Å². The number of likely N-dealkylation sites (N-methyl/N-ethyl adjacent to an activating group) is 1. The zero-order valence-electron chi connectivity index (χ0n) is 29.4. The summed E-state index contributed by atoms with van der Waals surface area (Å²) in [6.07, 6.45) is 11.4. The lowest BCUT2D eigenvalue weighted by Gasteiger charge is -2.41. The minimum atomic E-state index is -0.743. The number of anilines is 1. The van der Waals surface area contributed by atoms with Crippen LogP contribution < -0.4 is 10.6 Å². The van der Waals surface area contributed by atoms with Crippen LogP contribution in [0.5, 0.6) is 0 Å². The highest BCUT2D eigenvalue weighted by Gasteiger charge is 2.40. The van der Waals surface area contributed by atoms with Crippen LogP contribution in [0, 0.1) is 23.7 Å². The van der Waals surface area contributed by atoms with E-state index in [0.717, 1.165) is 37.8 Å². The quantitative estimate of drug-likeness (QED) is 0.284. The highest BCUT2D eigenvalue weighted by Crippen LogP contribution is 2.27. The molecule has 0 saturated carbocycles. The minimum absolute atomic E-state index is 0.00791. The Morgan fingerprint density at radius 2 is 1.59 bits per heavy atom. The van der Waals surface area contributed by atoms with Crippen LogP contribution in [0.4, 0.5) is 5.69 Å². The van der Waals surface area contributed by atoms with Gasteiger partial charge in [0.1, 0.15) is 12.1 Å². The van der Waals surface area contributed by atoms with Crippen molar-refractivity contribution in [2.24, 2.45) is 11.3 Å². The highest BCUT2D eigenvalue weighted by atomic mass is 16.2. The van der Waals surface area contributed by atoms with Gasteiger partial charge in [-0.3, -0.25) is 24.1 Å². The zero-order chi connectivity index (χ0) is 34.3. The van der Waals surface area contributed by atoms with Gasteiger partial charge >= 0.3 is 0 Å². The molecule has 1 aromatic carbocycles. The topological polar surface area (TPSA) is 102 Å². The molecule has 252 valence electrons. The van der Waals surface area contributed by atoms with E-state index in [1.54, 1.807) is 48.0 Å². The molecular formula is C37H55N5O4. The van der Waals surface area contributed by atoms with Crippen molar-refractivity contribution in [2.75, 3.05) is 25.5 Å². The first kappa shape index (κ1) is 36.8. The first-order valence-corrected chi connectivity index (χ1v) is 16.8. The second-order valence-corrected chi connectivity index (χ2v) is 14.6. The van der Waals surface area contributed by atoms with E-state index in [2.05, 4.69) is 35.3 Å². The van der Waals surface area contributed by atoms with Gasteiger partial charge < -0.3 is 20.4 Å². The Kier molecular flexibility index (Phi) is 12.6. The van der Waals surface area contributed by atoms with E-state index in [0.29, 0.717) is 24.2 Å². The lowest BCUT2D eigenvalue weighted by atomic mass is 9.84. The number of hydrogen-bond acceptors (Lipinski definition) is 5. The summed E-state index contributed by atoms with van der Waals surface area (Å²) in [7, 11) is 1.74. The number of hydrogen-bond donors (Lipinski definition) is 2. The van der Waals surface area contributed by atoms with Crippen LogP contribution in [0.1, 0.15) is 93.1 Å². The molecule has 0 spiro atoms. The van der Waals surface area contributed by atoms with Crippen molar-refractivity contribution in [3.63, 3.8) is 0 Å². The van der Waals surface area contributed by atoms with Crippen molar-refractivity contribution >= 4 is 29.3 Å². The molecule has 1 unspecified atom stereocenters. The maximum atomic E-state index is 14.1. The summed E-state index contributed by atoms with van der Waals surface area (Å²) in [6, 6.07) is 5.27. The lowest BCUT2D eigenvalue weighted by molar-refractivity contribution is -0.142.